The quantitative estimate of drug-likeness (QED) is 0.853. The van der Waals surface area contributed by atoms with Crippen molar-refractivity contribution in [3.05, 3.63) is 17.0 Å². The van der Waals surface area contributed by atoms with Crippen molar-refractivity contribution in [2.45, 2.75) is 45.3 Å². The molecule has 9 heteroatoms. The second kappa shape index (κ2) is 5.37. The van der Waals surface area contributed by atoms with Gasteiger partial charge in [0.1, 0.15) is 12.2 Å². The van der Waals surface area contributed by atoms with Gasteiger partial charge < -0.3 is 5.73 Å². The summed E-state index contributed by atoms with van der Waals surface area (Å²) >= 11 is 0. The van der Waals surface area contributed by atoms with Crippen LogP contribution in [0, 0.1) is 0 Å². The molecule has 114 valence electrons. The van der Waals surface area contributed by atoms with Crippen molar-refractivity contribution in [1.29, 1.82) is 0 Å². The summed E-state index contributed by atoms with van der Waals surface area (Å²) in [5.41, 5.74) is 2.03. The second-order valence-corrected chi connectivity index (χ2v) is 4.00. The lowest BCUT2D eigenvalue weighted by atomic mass is 10.2. The summed E-state index contributed by atoms with van der Waals surface area (Å²) < 4.78 is 65.1. The normalized spacial score (nSPS) is 16.4. The van der Waals surface area contributed by atoms with Crippen LogP contribution < -0.4 is 5.73 Å². The topological polar surface area (TPSA) is 60.9 Å². The number of hydrogen-bond donors (Lipinski definition) is 1. The van der Waals surface area contributed by atoms with E-state index in [1.807, 2.05) is 13.8 Å². The molecule has 0 unspecified atom stereocenters. The van der Waals surface area contributed by atoms with Crippen molar-refractivity contribution in [3.63, 3.8) is 0 Å². The predicted octanol–water partition coefficient (Wildman–Crippen LogP) is 2.45. The number of nitrogens with two attached hydrogens (primary N) is 1. The first-order valence-corrected chi connectivity index (χ1v) is 5.96. The van der Waals surface area contributed by atoms with Crippen molar-refractivity contribution >= 4 is 5.91 Å². The van der Waals surface area contributed by atoms with Gasteiger partial charge in [0.15, 0.2) is 5.69 Å². The number of nitrogens with zero attached hydrogens (tertiary/aromatic N) is 2. The number of carbonyl (C=O) groups is 1. The Bertz CT molecular complexity index is 507. The van der Waals surface area contributed by atoms with Gasteiger partial charge in [-0.1, -0.05) is 13.8 Å². The number of carbonyl (C=O) groups excluding carboxylic acids is 1. The van der Waals surface area contributed by atoms with Crippen molar-refractivity contribution in [3.8, 4) is 0 Å². The molecule has 0 atom stereocenters. The molecule has 4 nitrogen and oxygen atoms in total. The largest absolute Gasteiger partial charge is 0.435 e. The fourth-order valence-electron chi connectivity index (χ4n) is 2.04. The molecule has 1 aromatic heterocycles. The van der Waals surface area contributed by atoms with Crippen LogP contribution in [0.25, 0.3) is 0 Å². The molecule has 2 rings (SSSR count). The number of primary amides is 1. The van der Waals surface area contributed by atoms with E-state index < -0.39 is 54.3 Å². The molecule has 1 aliphatic rings. The van der Waals surface area contributed by atoms with Crippen molar-refractivity contribution in [2.24, 2.45) is 5.73 Å². The minimum Gasteiger partial charge on any atom is -0.368 e. The zero-order valence-electron chi connectivity index (χ0n) is 10.9. The first kappa shape index (κ1) is 16.4. The van der Waals surface area contributed by atoms with Gasteiger partial charge >= 0.3 is 6.18 Å². The van der Waals surface area contributed by atoms with Gasteiger partial charge in [-0.15, -0.1) is 0 Å². The van der Waals surface area contributed by atoms with E-state index in [-0.39, 0.29) is 0 Å². The molecule has 0 aliphatic heterocycles. The highest BCUT2D eigenvalue weighted by Gasteiger charge is 2.50. The minimum atomic E-state index is -4.83. The van der Waals surface area contributed by atoms with E-state index in [1.54, 1.807) is 0 Å². The van der Waals surface area contributed by atoms with Crippen LogP contribution in [0.5, 0.6) is 0 Å². The first-order valence-electron chi connectivity index (χ1n) is 5.96. The Morgan fingerprint density at radius 1 is 1.40 bits per heavy atom. The Morgan fingerprint density at radius 2 is 1.95 bits per heavy atom. The van der Waals surface area contributed by atoms with E-state index in [1.165, 1.54) is 0 Å². The SMILES string of the molecule is CC.NC(=O)Cn1nc(C(F)(F)F)c2c1C(F)(F)CC2. The zero-order valence-corrected chi connectivity index (χ0v) is 10.9. The third-order valence-electron chi connectivity index (χ3n) is 2.66. The molecule has 2 N–H and O–H groups in total. The molecule has 0 saturated carbocycles. The maximum Gasteiger partial charge on any atom is 0.435 e. The number of halogens is 5. The van der Waals surface area contributed by atoms with Gasteiger partial charge in [0.25, 0.3) is 5.92 Å². The Hall–Kier alpha value is -1.67. The minimum absolute atomic E-state index is 0.355. The average Bonchev–Trinajstić information content (AvgIpc) is 2.80. The maximum absolute atomic E-state index is 13.5. The summed E-state index contributed by atoms with van der Waals surface area (Å²) in [4.78, 5) is 10.7. The monoisotopic (exact) mass is 299 g/mol. The lowest BCUT2D eigenvalue weighted by molar-refractivity contribution is -0.142. The summed E-state index contributed by atoms with van der Waals surface area (Å²) in [6.45, 7) is 3.20. The first-order chi connectivity index (χ1) is 9.13. The van der Waals surface area contributed by atoms with Crippen molar-refractivity contribution < 1.29 is 26.7 Å². The van der Waals surface area contributed by atoms with E-state index in [4.69, 9.17) is 5.73 Å². The molecule has 1 aliphatic carbocycles. The molecule has 0 radical (unpaired) electrons. The van der Waals surface area contributed by atoms with Crippen LogP contribution in [0.4, 0.5) is 22.0 Å². The van der Waals surface area contributed by atoms with Gasteiger partial charge in [-0.2, -0.15) is 27.1 Å². The van der Waals surface area contributed by atoms with Crippen LogP contribution in [0.3, 0.4) is 0 Å². The molecule has 0 aromatic carbocycles. The van der Waals surface area contributed by atoms with Gasteiger partial charge in [-0.05, 0) is 6.42 Å². The molecule has 1 amide bonds. The summed E-state index contributed by atoms with van der Waals surface area (Å²) in [7, 11) is 0. The van der Waals surface area contributed by atoms with Gasteiger partial charge in [0, 0.05) is 12.0 Å². The smallest absolute Gasteiger partial charge is 0.368 e. The van der Waals surface area contributed by atoms with Crippen LogP contribution >= 0.6 is 0 Å². The second-order valence-electron chi connectivity index (χ2n) is 4.00. The Morgan fingerprint density at radius 3 is 2.40 bits per heavy atom. The number of alkyl halides is 5. The Balaban J connectivity index is 0.000000956. The number of amides is 1. The Labute approximate surface area is 111 Å². The van der Waals surface area contributed by atoms with E-state index in [0.29, 0.717) is 4.68 Å². The maximum atomic E-state index is 13.5. The number of hydrogen-bond acceptors (Lipinski definition) is 2. The highest BCUT2D eigenvalue weighted by atomic mass is 19.4. The third-order valence-corrected chi connectivity index (χ3v) is 2.66. The predicted molar refractivity (Wildman–Crippen MR) is 60.0 cm³/mol. The molecule has 1 heterocycles. The Kier molecular flexibility index (Phi) is 4.40. The van der Waals surface area contributed by atoms with Crippen LogP contribution in [-0.2, 0) is 29.9 Å². The van der Waals surface area contributed by atoms with E-state index in [0.717, 1.165) is 0 Å². The van der Waals surface area contributed by atoms with Gasteiger partial charge in [-0.3, -0.25) is 9.48 Å². The van der Waals surface area contributed by atoms with Crippen LogP contribution in [-0.4, -0.2) is 15.7 Å². The molecule has 20 heavy (non-hydrogen) atoms. The van der Waals surface area contributed by atoms with Crippen molar-refractivity contribution in [1.82, 2.24) is 9.78 Å². The summed E-state index contributed by atoms with van der Waals surface area (Å²) in [5.74, 6) is -4.45. The molecule has 0 fully saturated rings. The molecule has 0 spiro atoms. The van der Waals surface area contributed by atoms with Gasteiger partial charge in [-0.25, -0.2) is 0 Å². The molecular weight excluding hydrogens is 285 g/mol. The average molecular weight is 299 g/mol. The van der Waals surface area contributed by atoms with E-state index >= 15 is 0 Å². The summed E-state index contributed by atoms with van der Waals surface area (Å²) in [6.07, 6.45) is -5.97. The highest BCUT2D eigenvalue weighted by molar-refractivity contribution is 5.73. The lowest BCUT2D eigenvalue weighted by Crippen LogP contribution is -2.24. The summed E-state index contributed by atoms with van der Waals surface area (Å²) in [5, 5.41) is 3.05. The lowest BCUT2D eigenvalue weighted by Gasteiger charge is -2.11. The van der Waals surface area contributed by atoms with Crippen LogP contribution in [0.15, 0.2) is 0 Å². The van der Waals surface area contributed by atoms with E-state index in [2.05, 4.69) is 5.10 Å². The van der Waals surface area contributed by atoms with Crippen LogP contribution in [0.2, 0.25) is 0 Å². The highest BCUT2D eigenvalue weighted by Crippen LogP contribution is 2.46. The number of aromatic nitrogens is 2. The van der Waals surface area contributed by atoms with E-state index in [9.17, 15) is 26.7 Å². The summed E-state index contributed by atoms with van der Waals surface area (Å²) in [6, 6.07) is 0. The molecule has 0 bridgehead atoms. The fraction of sp³-hybridized carbons (Fsp3) is 0.636. The van der Waals surface area contributed by atoms with Gasteiger partial charge in [0.05, 0.1) is 0 Å². The van der Waals surface area contributed by atoms with Crippen molar-refractivity contribution in [2.75, 3.05) is 0 Å². The fourth-order valence-corrected chi connectivity index (χ4v) is 2.04. The zero-order chi connectivity index (χ0) is 15.7. The molecule has 0 saturated heterocycles. The number of rotatable bonds is 2. The number of fused-ring (bicyclic) bond motifs is 1. The standard InChI is InChI=1S/C9H8F5N3O.C2H6/c10-8(11)2-1-4-6(9(12,13)14)16-17(7(4)8)3-5(15)18;1-2/h1-3H2,(H2,15,18);1-2H3. The molecule has 1 aromatic rings. The molecular formula is C11H14F5N3O. The van der Waals surface area contributed by atoms with Crippen LogP contribution in [0.1, 0.15) is 37.2 Å². The third kappa shape index (κ3) is 2.91. The van der Waals surface area contributed by atoms with Gasteiger partial charge in [0.2, 0.25) is 5.91 Å².